The van der Waals surface area contributed by atoms with Gasteiger partial charge in [-0.2, -0.15) is 0 Å². The van der Waals surface area contributed by atoms with Gasteiger partial charge in [0.05, 0.1) is 30.4 Å². The first-order valence-corrected chi connectivity index (χ1v) is 10.8. The maximum absolute atomic E-state index is 13.3. The summed E-state index contributed by atoms with van der Waals surface area (Å²) in [4.78, 5) is 24.9. The van der Waals surface area contributed by atoms with Gasteiger partial charge in [-0.25, -0.2) is 13.2 Å². The highest BCUT2D eigenvalue weighted by atomic mass is 32.2. The molecule has 0 aliphatic carbocycles. The molecule has 0 aromatic heterocycles. The number of anilines is 1. The predicted octanol–water partition coefficient (Wildman–Crippen LogP) is 2.87. The fourth-order valence-electron chi connectivity index (χ4n) is 2.58. The summed E-state index contributed by atoms with van der Waals surface area (Å²) >= 11 is 1.48. The summed E-state index contributed by atoms with van der Waals surface area (Å²) in [6, 6.07) is 10.9. The lowest BCUT2D eigenvalue weighted by Crippen LogP contribution is -2.37. The van der Waals surface area contributed by atoms with Gasteiger partial charge in [-0.1, -0.05) is 6.07 Å². The Labute approximate surface area is 168 Å². The molecular weight excluding hydrogens is 402 g/mol. The molecule has 0 saturated heterocycles. The van der Waals surface area contributed by atoms with Crippen LogP contribution < -0.4 is 4.31 Å². The quantitative estimate of drug-likeness (QED) is 0.500. The lowest BCUT2D eigenvalue weighted by Gasteiger charge is -2.25. The predicted molar refractivity (Wildman–Crippen MR) is 107 cm³/mol. The van der Waals surface area contributed by atoms with E-state index in [1.807, 2.05) is 6.26 Å². The van der Waals surface area contributed by atoms with Crippen LogP contribution in [0.2, 0.25) is 0 Å². The van der Waals surface area contributed by atoms with E-state index in [1.165, 1.54) is 56.3 Å². The van der Waals surface area contributed by atoms with E-state index < -0.39 is 28.5 Å². The molecule has 0 radical (unpaired) electrons. The number of sulfonamides is 1. The molecule has 150 valence electrons. The van der Waals surface area contributed by atoms with E-state index in [0.29, 0.717) is 5.56 Å². The third kappa shape index (κ3) is 4.48. The third-order valence-corrected chi connectivity index (χ3v) is 6.64. The van der Waals surface area contributed by atoms with Gasteiger partial charge in [-0.05, 0) is 55.1 Å². The van der Waals surface area contributed by atoms with E-state index in [4.69, 9.17) is 4.74 Å². The molecule has 28 heavy (non-hydrogen) atoms. The number of nitrogens with zero attached hydrogens (tertiary/aromatic N) is 1. The largest absolute Gasteiger partial charge is 0.468 e. The fraction of sp³-hybridized carbons (Fsp3) is 0.263. The van der Waals surface area contributed by atoms with Crippen LogP contribution in [0.1, 0.15) is 15.9 Å². The van der Waals surface area contributed by atoms with Crippen LogP contribution in [0.5, 0.6) is 0 Å². The Morgan fingerprint density at radius 2 is 1.68 bits per heavy atom. The van der Waals surface area contributed by atoms with Crippen LogP contribution in [0, 0.1) is 6.92 Å². The first kappa shape index (κ1) is 21.8. The van der Waals surface area contributed by atoms with E-state index in [2.05, 4.69) is 4.74 Å². The number of carbonyl (C=O) groups excluding carboxylic acids is 2. The number of esters is 2. The van der Waals surface area contributed by atoms with Gasteiger partial charge in [-0.15, -0.1) is 11.8 Å². The van der Waals surface area contributed by atoms with Crippen molar-refractivity contribution in [1.82, 2.24) is 0 Å². The molecule has 0 spiro atoms. The Balaban J connectivity index is 2.62. The summed E-state index contributed by atoms with van der Waals surface area (Å²) in [5, 5.41) is 0. The molecule has 0 bridgehead atoms. The van der Waals surface area contributed by atoms with E-state index in [0.717, 1.165) is 9.20 Å². The van der Waals surface area contributed by atoms with Gasteiger partial charge in [0.25, 0.3) is 10.0 Å². The van der Waals surface area contributed by atoms with Crippen molar-refractivity contribution in [1.29, 1.82) is 0 Å². The number of methoxy groups -OCH3 is 2. The standard InChI is InChI=1S/C19H21NO6S2/c1-13-16(19(22)26-3)6-5-7-17(13)20(12-18(21)25-2)28(23,24)15-10-8-14(27-4)9-11-15/h5-11H,12H2,1-4H3. The molecule has 7 nitrogen and oxygen atoms in total. The molecule has 0 heterocycles. The molecule has 0 aliphatic heterocycles. The van der Waals surface area contributed by atoms with Crippen LogP contribution in [-0.4, -0.2) is 47.4 Å². The van der Waals surface area contributed by atoms with Crippen LogP contribution in [-0.2, 0) is 24.3 Å². The van der Waals surface area contributed by atoms with Crippen LogP contribution in [0.3, 0.4) is 0 Å². The van der Waals surface area contributed by atoms with Crippen molar-refractivity contribution in [2.75, 3.05) is 31.3 Å². The highest BCUT2D eigenvalue weighted by Crippen LogP contribution is 2.30. The molecule has 0 fully saturated rings. The zero-order valence-corrected chi connectivity index (χ0v) is 17.6. The molecule has 2 aromatic rings. The second-order valence-corrected chi connectivity index (χ2v) is 8.45. The number of rotatable bonds is 7. The lowest BCUT2D eigenvalue weighted by atomic mass is 10.1. The van der Waals surface area contributed by atoms with E-state index in [9.17, 15) is 18.0 Å². The van der Waals surface area contributed by atoms with Gasteiger partial charge in [0.1, 0.15) is 6.54 Å². The van der Waals surface area contributed by atoms with E-state index in [-0.39, 0.29) is 16.1 Å². The maximum atomic E-state index is 13.3. The normalized spacial score (nSPS) is 11.0. The van der Waals surface area contributed by atoms with Crippen LogP contribution in [0.25, 0.3) is 0 Å². The Hall–Kier alpha value is -2.52. The number of carbonyl (C=O) groups is 2. The topological polar surface area (TPSA) is 90.0 Å². The molecule has 9 heteroatoms. The number of benzene rings is 2. The highest BCUT2D eigenvalue weighted by Gasteiger charge is 2.30. The molecule has 0 N–H and O–H groups in total. The van der Waals surface area contributed by atoms with Crippen molar-refractivity contribution in [3.05, 3.63) is 53.6 Å². The summed E-state index contributed by atoms with van der Waals surface area (Å²) in [5.74, 6) is -1.33. The van der Waals surface area contributed by atoms with Crippen molar-refractivity contribution in [3.8, 4) is 0 Å². The third-order valence-electron chi connectivity index (χ3n) is 4.13. The van der Waals surface area contributed by atoms with Crippen molar-refractivity contribution in [2.24, 2.45) is 0 Å². The van der Waals surface area contributed by atoms with Crippen molar-refractivity contribution < 1.29 is 27.5 Å². The van der Waals surface area contributed by atoms with Gasteiger partial charge in [0.15, 0.2) is 0 Å². The fourth-order valence-corrected chi connectivity index (χ4v) is 4.46. The number of hydrogen-bond acceptors (Lipinski definition) is 7. The lowest BCUT2D eigenvalue weighted by molar-refractivity contribution is -0.138. The van der Waals surface area contributed by atoms with Crippen molar-refractivity contribution in [3.63, 3.8) is 0 Å². The minimum Gasteiger partial charge on any atom is -0.468 e. The minimum absolute atomic E-state index is 0.0251. The second-order valence-electron chi connectivity index (χ2n) is 5.70. The van der Waals surface area contributed by atoms with E-state index >= 15 is 0 Å². The Morgan fingerprint density at radius 3 is 2.21 bits per heavy atom. The second kappa shape index (κ2) is 9.11. The molecular formula is C19H21NO6S2. The zero-order chi connectivity index (χ0) is 20.9. The highest BCUT2D eigenvalue weighted by molar-refractivity contribution is 7.98. The zero-order valence-electron chi connectivity index (χ0n) is 16.0. The molecule has 0 atom stereocenters. The van der Waals surface area contributed by atoms with Gasteiger partial charge in [0.2, 0.25) is 0 Å². The smallest absolute Gasteiger partial charge is 0.338 e. The Bertz CT molecular complexity index is 970. The van der Waals surface area contributed by atoms with Gasteiger partial charge >= 0.3 is 11.9 Å². The molecule has 0 unspecified atom stereocenters. The van der Waals surface area contributed by atoms with Crippen LogP contribution >= 0.6 is 11.8 Å². The van der Waals surface area contributed by atoms with Gasteiger partial charge in [0, 0.05) is 4.90 Å². The average molecular weight is 424 g/mol. The average Bonchev–Trinajstić information content (AvgIpc) is 2.71. The van der Waals surface area contributed by atoms with E-state index in [1.54, 1.807) is 19.1 Å². The Morgan fingerprint density at radius 1 is 1.04 bits per heavy atom. The summed E-state index contributed by atoms with van der Waals surface area (Å²) in [7, 11) is -1.67. The summed E-state index contributed by atoms with van der Waals surface area (Å²) in [5.41, 5.74) is 0.785. The molecule has 2 aromatic carbocycles. The molecule has 0 saturated carbocycles. The van der Waals surface area contributed by atoms with Crippen LogP contribution in [0.15, 0.2) is 52.3 Å². The summed E-state index contributed by atoms with van der Waals surface area (Å²) in [6.45, 7) is 1.06. The number of hydrogen-bond donors (Lipinski definition) is 0. The van der Waals surface area contributed by atoms with Gasteiger partial charge in [-0.3, -0.25) is 9.10 Å². The van der Waals surface area contributed by atoms with Crippen molar-refractivity contribution in [2.45, 2.75) is 16.7 Å². The summed E-state index contributed by atoms with van der Waals surface area (Å²) < 4.78 is 36.9. The Kier molecular flexibility index (Phi) is 7.09. The monoisotopic (exact) mass is 423 g/mol. The minimum atomic E-state index is -4.08. The molecule has 0 aliphatic rings. The first-order chi connectivity index (χ1) is 13.3. The first-order valence-electron chi connectivity index (χ1n) is 8.17. The number of thioether (sulfide) groups is 1. The van der Waals surface area contributed by atoms with Gasteiger partial charge < -0.3 is 9.47 Å². The molecule has 2 rings (SSSR count). The SMILES string of the molecule is COC(=O)CN(c1cccc(C(=O)OC)c1C)S(=O)(=O)c1ccc(SC)cc1. The van der Waals surface area contributed by atoms with Crippen molar-refractivity contribution >= 4 is 39.4 Å². The van der Waals surface area contributed by atoms with Crippen LogP contribution in [0.4, 0.5) is 5.69 Å². The molecule has 0 amide bonds. The number of ether oxygens (including phenoxy) is 2. The maximum Gasteiger partial charge on any atom is 0.338 e. The summed E-state index contributed by atoms with van der Waals surface area (Å²) in [6.07, 6.45) is 1.88.